The zero-order chi connectivity index (χ0) is 23.9. The SMILES string of the molecule is CN1C(=O)c2c(ncn2CC(=O)Nc2nc(-c3ccc(C4CCCCC4)cc3)cs2)N2CCN=C12. The zero-order valence-electron chi connectivity index (χ0n) is 19.6. The number of nitrogens with zero attached hydrogens (tertiary/aromatic N) is 6. The molecule has 9 nitrogen and oxygen atoms in total. The number of carbonyl (C=O) groups is 2. The second kappa shape index (κ2) is 8.92. The first-order chi connectivity index (χ1) is 17.1. The minimum atomic E-state index is -0.255. The van der Waals surface area contributed by atoms with E-state index >= 15 is 0 Å². The summed E-state index contributed by atoms with van der Waals surface area (Å²) in [5, 5.41) is 5.36. The number of aliphatic imine (C=N–C) groups is 1. The minimum absolute atomic E-state index is 0.0206. The van der Waals surface area contributed by atoms with Gasteiger partial charge < -0.3 is 9.88 Å². The number of hydrogen-bond acceptors (Lipinski definition) is 7. The minimum Gasteiger partial charge on any atom is -0.315 e. The van der Waals surface area contributed by atoms with Crippen LogP contribution in [-0.2, 0) is 11.3 Å². The molecule has 2 amide bonds. The fourth-order valence-electron chi connectivity index (χ4n) is 5.22. The van der Waals surface area contributed by atoms with E-state index in [2.05, 4.69) is 44.5 Å². The second-order valence-electron chi connectivity index (χ2n) is 9.29. The molecule has 1 saturated carbocycles. The summed E-state index contributed by atoms with van der Waals surface area (Å²) < 4.78 is 1.59. The summed E-state index contributed by atoms with van der Waals surface area (Å²) >= 11 is 1.39. The van der Waals surface area contributed by atoms with Crippen LogP contribution in [0, 0.1) is 0 Å². The molecule has 0 radical (unpaired) electrons. The number of guanidine groups is 1. The van der Waals surface area contributed by atoms with E-state index in [1.807, 2.05) is 10.3 Å². The summed E-state index contributed by atoms with van der Waals surface area (Å²) in [6, 6.07) is 8.69. The standard InChI is InChI=1S/C25H27N7O2S/c1-30-23(34)21-22(32-12-11-26-25(30)32)27-15-31(21)13-20(33)29-24-28-19(14-35-24)18-9-7-17(8-10-18)16-5-3-2-4-6-16/h7-10,14-16H,2-6,11-13H2,1H3,(H,28,29,33). The third kappa shape index (κ3) is 4.01. The third-order valence-corrected chi connectivity index (χ3v) is 7.80. The molecule has 4 heterocycles. The molecule has 1 fully saturated rings. The molecule has 10 heteroatoms. The van der Waals surface area contributed by atoms with Gasteiger partial charge in [0.2, 0.25) is 11.9 Å². The Labute approximate surface area is 207 Å². The lowest BCUT2D eigenvalue weighted by molar-refractivity contribution is -0.116. The van der Waals surface area contributed by atoms with E-state index in [0.29, 0.717) is 41.6 Å². The number of nitrogens with one attached hydrogen (secondary N) is 1. The van der Waals surface area contributed by atoms with E-state index in [0.717, 1.165) is 11.3 Å². The lowest BCUT2D eigenvalue weighted by atomic mass is 9.84. The first kappa shape index (κ1) is 22.0. The maximum atomic E-state index is 12.9. The Bertz CT molecular complexity index is 1300. The molecule has 2 aromatic heterocycles. The molecule has 3 aromatic rings. The quantitative estimate of drug-likeness (QED) is 0.585. The summed E-state index contributed by atoms with van der Waals surface area (Å²) in [5.41, 5.74) is 3.70. The van der Waals surface area contributed by atoms with E-state index < -0.39 is 0 Å². The van der Waals surface area contributed by atoms with Crippen LogP contribution in [0.3, 0.4) is 0 Å². The van der Waals surface area contributed by atoms with Crippen LogP contribution in [0.25, 0.3) is 11.3 Å². The Morgan fingerprint density at radius 2 is 1.97 bits per heavy atom. The summed E-state index contributed by atoms with van der Waals surface area (Å²) in [6.07, 6.45) is 8.09. The average molecular weight is 490 g/mol. The van der Waals surface area contributed by atoms with Gasteiger partial charge in [0.1, 0.15) is 6.54 Å². The van der Waals surface area contributed by atoms with Crippen LogP contribution in [0.4, 0.5) is 10.9 Å². The summed E-state index contributed by atoms with van der Waals surface area (Å²) in [5.74, 6) is 1.38. The van der Waals surface area contributed by atoms with Crippen molar-refractivity contribution in [2.75, 3.05) is 30.4 Å². The van der Waals surface area contributed by atoms with Gasteiger partial charge in [0.15, 0.2) is 16.6 Å². The number of rotatable bonds is 5. The molecule has 6 rings (SSSR count). The van der Waals surface area contributed by atoms with Gasteiger partial charge in [0.05, 0.1) is 18.6 Å². The Morgan fingerprint density at radius 3 is 2.77 bits per heavy atom. The molecule has 1 aromatic carbocycles. The summed E-state index contributed by atoms with van der Waals surface area (Å²) in [4.78, 5) is 42.5. The lowest BCUT2D eigenvalue weighted by Gasteiger charge is -2.30. The van der Waals surface area contributed by atoms with Gasteiger partial charge in [-0.2, -0.15) is 0 Å². The first-order valence-corrected chi connectivity index (χ1v) is 13.0. The normalized spacial score (nSPS) is 17.9. The van der Waals surface area contributed by atoms with Crippen molar-refractivity contribution in [2.24, 2.45) is 4.99 Å². The Kier molecular flexibility index (Phi) is 5.60. The van der Waals surface area contributed by atoms with Crippen LogP contribution in [-0.4, -0.2) is 57.3 Å². The first-order valence-electron chi connectivity index (χ1n) is 12.1. The van der Waals surface area contributed by atoms with Crippen molar-refractivity contribution in [3.63, 3.8) is 0 Å². The number of aromatic nitrogens is 3. The molecule has 2 aliphatic heterocycles. The molecule has 1 N–H and O–H groups in total. The van der Waals surface area contributed by atoms with Gasteiger partial charge >= 0.3 is 0 Å². The number of thiazole rings is 1. The smallest absolute Gasteiger partial charge is 0.280 e. The van der Waals surface area contributed by atoms with E-state index in [9.17, 15) is 9.59 Å². The van der Waals surface area contributed by atoms with Crippen molar-refractivity contribution >= 4 is 40.1 Å². The topological polar surface area (TPSA) is 95.7 Å². The van der Waals surface area contributed by atoms with Crippen LogP contribution in [0.1, 0.15) is 54.1 Å². The fourth-order valence-corrected chi connectivity index (χ4v) is 5.96. The van der Waals surface area contributed by atoms with E-state index in [4.69, 9.17) is 0 Å². The van der Waals surface area contributed by atoms with Gasteiger partial charge in [0, 0.05) is 24.5 Å². The average Bonchev–Trinajstić information content (AvgIpc) is 3.63. The van der Waals surface area contributed by atoms with Crippen molar-refractivity contribution in [1.29, 1.82) is 0 Å². The molecule has 0 unspecified atom stereocenters. The number of carbonyl (C=O) groups excluding carboxylic acids is 2. The summed E-state index contributed by atoms with van der Waals surface area (Å²) in [6.45, 7) is 1.27. The van der Waals surface area contributed by atoms with Gasteiger partial charge in [-0.25, -0.2) is 9.97 Å². The van der Waals surface area contributed by atoms with E-state index in [-0.39, 0.29) is 18.4 Å². The number of amides is 2. The Hall–Kier alpha value is -3.53. The van der Waals surface area contributed by atoms with Gasteiger partial charge in [-0.3, -0.25) is 24.4 Å². The highest BCUT2D eigenvalue weighted by atomic mass is 32.1. The molecule has 0 atom stereocenters. The predicted molar refractivity (Wildman–Crippen MR) is 136 cm³/mol. The highest BCUT2D eigenvalue weighted by Crippen LogP contribution is 2.34. The molecule has 0 saturated heterocycles. The monoisotopic (exact) mass is 489 g/mol. The number of hydrogen-bond donors (Lipinski definition) is 1. The Balaban J connectivity index is 1.13. The highest BCUT2D eigenvalue weighted by Gasteiger charge is 2.38. The largest absolute Gasteiger partial charge is 0.315 e. The molecule has 1 aliphatic carbocycles. The van der Waals surface area contributed by atoms with Crippen molar-refractivity contribution in [1.82, 2.24) is 19.4 Å². The van der Waals surface area contributed by atoms with Gasteiger partial charge in [-0.1, -0.05) is 43.5 Å². The predicted octanol–water partition coefficient (Wildman–Crippen LogP) is 3.95. The van der Waals surface area contributed by atoms with Crippen LogP contribution in [0.2, 0.25) is 0 Å². The van der Waals surface area contributed by atoms with Gasteiger partial charge in [-0.15, -0.1) is 11.3 Å². The molecule has 35 heavy (non-hydrogen) atoms. The molecular weight excluding hydrogens is 462 g/mol. The number of fused-ring (bicyclic) bond motifs is 3. The van der Waals surface area contributed by atoms with Crippen LogP contribution in [0.15, 0.2) is 41.0 Å². The van der Waals surface area contributed by atoms with Gasteiger partial charge in [-0.05, 0) is 24.3 Å². The van der Waals surface area contributed by atoms with E-state index in [1.54, 1.807) is 17.9 Å². The lowest BCUT2D eigenvalue weighted by Crippen LogP contribution is -2.48. The molecular formula is C25H27N7O2S. The van der Waals surface area contributed by atoms with Crippen molar-refractivity contribution in [2.45, 2.75) is 44.6 Å². The number of anilines is 2. The zero-order valence-corrected chi connectivity index (χ0v) is 20.4. The molecule has 3 aliphatic rings. The summed E-state index contributed by atoms with van der Waals surface area (Å²) in [7, 11) is 1.69. The van der Waals surface area contributed by atoms with Crippen LogP contribution in [0.5, 0.6) is 0 Å². The molecule has 0 spiro atoms. The number of imidazole rings is 1. The maximum Gasteiger partial charge on any atom is 0.280 e. The second-order valence-corrected chi connectivity index (χ2v) is 10.1. The highest BCUT2D eigenvalue weighted by molar-refractivity contribution is 7.14. The fraction of sp³-hybridized carbons (Fsp3) is 0.400. The van der Waals surface area contributed by atoms with Gasteiger partial charge in [0.25, 0.3) is 5.91 Å². The third-order valence-electron chi connectivity index (χ3n) is 7.05. The molecule has 180 valence electrons. The number of benzene rings is 1. The van der Waals surface area contributed by atoms with Crippen LogP contribution >= 0.6 is 11.3 Å². The molecule has 0 bridgehead atoms. The van der Waals surface area contributed by atoms with Crippen molar-refractivity contribution in [3.05, 3.63) is 47.2 Å². The van der Waals surface area contributed by atoms with E-state index in [1.165, 1.54) is 53.9 Å². The van der Waals surface area contributed by atoms with Crippen molar-refractivity contribution < 1.29 is 9.59 Å². The van der Waals surface area contributed by atoms with Crippen LogP contribution < -0.4 is 10.2 Å². The Morgan fingerprint density at radius 1 is 1.17 bits per heavy atom. The maximum absolute atomic E-state index is 12.9. The van der Waals surface area contributed by atoms with Crippen molar-refractivity contribution in [3.8, 4) is 11.3 Å².